The van der Waals surface area contributed by atoms with Crippen molar-refractivity contribution < 1.29 is 27.9 Å². The highest BCUT2D eigenvalue weighted by molar-refractivity contribution is 5.88. The predicted molar refractivity (Wildman–Crippen MR) is 122 cm³/mol. The molecule has 0 aromatic heterocycles. The van der Waals surface area contributed by atoms with Crippen LogP contribution in [0.15, 0.2) is 60.7 Å². The molecule has 0 spiro atoms. The van der Waals surface area contributed by atoms with Gasteiger partial charge >= 0.3 is 6.09 Å². The van der Waals surface area contributed by atoms with Crippen LogP contribution in [0.3, 0.4) is 0 Å². The molecule has 0 saturated heterocycles. The minimum Gasteiger partial charge on any atom is -0.445 e. The van der Waals surface area contributed by atoms with Crippen LogP contribution in [0.1, 0.15) is 30.4 Å². The molecule has 7 nitrogen and oxygen atoms in total. The summed E-state index contributed by atoms with van der Waals surface area (Å²) in [7, 11) is 0. The van der Waals surface area contributed by atoms with E-state index in [1.165, 1.54) is 12.2 Å². The normalized spacial score (nSPS) is 20.2. The first-order valence-corrected chi connectivity index (χ1v) is 11.1. The fraction of sp³-hybridized carbons (Fsp3) is 0.320. The van der Waals surface area contributed by atoms with Crippen molar-refractivity contribution in [1.29, 1.82) is 0 Å². The maximum atomic E-state index is 13.6. The van der Waals surface area contributed by atoms with Gasteiger partial charge in [-0.1, -0.05) is 36.4 Å². The molecular formula is C25H27F2N3O4. The van der Waals surface area contributed by atoms with Crippen molar-refractivity contribution in [2.75, 3.05) is 6.54 Å². The van der Waals surface area contributed by atoms with E-state index < -0.39 is 35.7 Å². The Kier molecular flexibility index (Phi) is 9.13. The number of benzene rings is 2. The summed E-state index contributed by atoms with van der Waals surface area (Å²) in [6, 6.07) is 10.6. The summed E-state index contributed by atoms with van der Waals surface area (Å²) in [6.07, 6.45) is 3.57. The number of carbonyl (C=O) groups is 3. The van der Waals surface area contributed by atoms with E-state index in [0.29, 0.717) is 31.4 Å². The summed E-state index contributed by atoms with van der Waals surface area (Å²) in [6.45, 7) is 0.472. The third kappa shape index (κ3) is 8.31. The van der Waals surface area contributed by atoms with Crippen LogP contribution in [0.5, 0.6) is 0 Å². The van der Waals surface area contributed by atoms with E-state index in [-0.39, 0.29) is 18.9 Å². The van der Waals surface area contributed by atoms with Crippen molar-refractivity contribution in [3.63, 3.8) is 0 Å². The van der Waals surface area contributed by atoms with Crippen LogP contribution in [-0.4, -0.2) is 36.5 Å². The average Bonchev–Trinajstić information content (AvgIpc) is 2.79. The summed E-state index contributed by atoms with van der Waals surface area (Å²) in [5, 5.41) is 8.09. The molecule has 3 amide bonds. The van der Waals surface area contributed by atoms with E-state index in [0.717, 1.165) is 23.8 Å². The van der Waals surface area contributed by atoms with Gasteiger partial charge < -0.3 is 20.7 Å². The van der Waals surface area contributed by atoms with Gasteiger partial charge in [-0.25, -0.2) is 13.6 Å². The molecule has 1 heterocycles. The number of halogens is 2. The largest absolute Gasteiger partial charge is 0.445 e. The molecule has 2 aromatic carbocycles. The molecule has 2 aromatic rings. The second-order valence-electron chi connectivity index (χ2n) is 8.00. The number of rotatable bonds is 5. The van der Waals surface area contributed by atoms with Crippen LogP contribution in [0.25, 0.3) is 0 Å². The number of hydrogen-bond donors (Lipinski definition) is 3. The van der Waals surface area contributed by atoms with Crippen molar-refractivity contribution in [2.24, 2.45) is 0 Å². The monoisotopic (exact) mass is 471 g/mol. The van der Waals surface area contributed by atoms with Gasteiger partial charge in [0.1, 0.15) is 24.3 Å². The lowest BCUT2D eigenvalue weighted by molar-refractivity contribution is -0.124. The lowest BCUT2D eigenvalue weighted by atomic mass is 10.0. The van der Waals surface area contributed by atoms with Gasteiger partial charge in [-0.3, -0.25) is 9.59 Å². The van der Waals surface area contributed by atoms with Crippen LogP contribution >= 0.6 is 0 Å². The van der Waals surface area contributed by atoms with E-state index in [2.05, 4.69) is 16.0 Å². The van der Waals surface area contributed by atoms with E-state index in [9.17, 15) is 23.2 Å². The van der Waals surface area contributed by atoms with Gasteiger partial charge in [0.05, 0.1) is 6.04 Å². The Balaban J connectivity index is 1.69. The minimum absolute atomic E-state index is 0.0510. The quantitative estimate of drug-likeness (QED) is 0.624. The van der Waals surface area contributed by atoms with E-state index in [1.54, 1.807) is 0 Å². The highest BCUT2D eigenvalue weighted by Crippen LogP contribution is 2.12. The van der Waals surface area contributed by atoms with Gasteiger partial charge in [-0.05, 0) is 48.9 Å². The minimum atomic E-state index is -0.876. The van der Waals surface area contributed by atoms with Crippen LogP contribution in [-0.2, 0) is 27.4 Å². The lowest BCUT2D eigenvalue weighted by Gasteiger charge is -2.22. The smallest absolute Gasteiger partial charge is 0.408 e. The molecule has 0 aliphatic carbocycles. The van der Waals surface area contributed by atoms with Crippen molar-refractivity contribution in [1.82, 2.24) is 16.0 Å². The van der Waals surface area contributed by atoms with Crippen molar-refractivity contribution in [2.45, 2.75) is 44.4 Å². The zero-order valence-corrected chi connectivity index (χ0v) is 18.6. The Morgan fingerprint density at radius 1 is 1.03 bits per heavy atom. The van der Waals surface area contributed by atoms with E-state index in [1.807, 2.05) is 30.3 Å². The fourth-order valence-electron chi connectivity index (χ4n) is 3.56. The summed E-state index contributed by atoms with van der Waals surface area (Å²) >= 11 is 0. The van der Waals surface area contributed by atoms with Gasteiger partial charge in [0, 0.05) is 18.7 Å². The summed E-state index contributed by atoms with van der Waals surface area (Å²) in [4.78, 5) is 37.3. The first-order valence-electron chi connectivity index (χ1n) is 11.1. The molecule has 3 N–H and O–H groups in total. The Bertz CT molecular complexity index is 1010. The molecule has 0 bridgehead atoms. The van der Waals surface area contributed by atoms with E-state index in [4.69, 9.17) is 4.74 Å². The number of ether oxygens (including phenoxy) is 1. The molecule has 0 fully saturated rings. The predicted octanol–water partition coefficient (Wildman–Crippen LogP) is 3.14. The molecule has 0 radical (unpaired) electrons. The van der Waals surface area contributed by atoms with Crippen LogP contribution in [0.2, 0.25) is 0 Å². The second kappa shape index (κ2) is 12.5. The molecule has 1 aliphatic heterocycles. The molecule has 180 valence electrons. The highest BCUT2D eigenvalue weighted by Gasteiger charge is 2.24. The van der Waals surface area contributed by atoms with Gasteiger partial charge in [-0.15, -0.1) is 0 Å². The maximum absolute atomic E-state index is 13.6. The lowest BCUT2D eigenvalue weighted by Crippen LogP contribution is -2.50. The molecule has 1 aliphatic rings. The molecule has 2 atom stereocenters. The van der Waals surface area contributed by atoms with Crippen LogP contribution in [0, 0.1) is 11.6 Å². The van der Waals surface area contributed by atoms with Crippen molar-refractivity contribution in [3.05, 3.63) is 83.4 Å². The SMILES string of the molecule is O=C1/C=C\[C@H](Cc2cc(F)cc(F)c2)NC(=O)[C@@H](NC(=O)OCc2ccccc2)CCCCN1. The summed E-state index contributed by atoms with van der Waals surface area (Å²) < 4.78 is 32.5. The topological polar surface area (TPSA) is 96.5 Å². The number of amides is 3. The Morgan fingerprint density at radius 2 is 1.76 bits per heavy atom. The molecular weight excluding hydrogens is 444 g/mol. The highest BCUT2D eigenvalue weighted by atomic mass is 19.1. The van der Waals surface area contributed by atoms with Crippen LogP contribution in [0.4, 0.5) is 13.6 Å². The van der Waals surface area contributed by atoms with E-state index >= 15 is 0 Å². The first kappa shape index (κ1) is 24.9. The Morgan fingerprint density at radius 3 is 2.50 bits per heavy atom. The number of hydrogen-bond acceptors (Lipinski definition) is 4. The first-order chi connectivity index (χ1) is 16.4. The zero-order valence-electron chi connectivity index (χ0n) is 18.6. The number of alkyl carbamates (subject to hydrolysis) is 1. The molecule has 9 heteroatoms. The Labute approximate surface area is 196 Å². The maximum Gasteiger partial charge on any atom is 0.408 e. The van der Waals surface area contributed by atoms with Crippen molar-refractivity contribution >= 4 is 17.9 Å². The fourth-order valence-corrected chi connectivity index (χ4v) is 3.56. The summed E-state index contributed by atoms with van der Waals surface area (Å²) in [5.74, 6) is -2.29. The van der Waals surface area contributed by atoms with Crippen molar-refractivity contribution in [3.8, 4) is 0 Å². The third-order valence-corrected chi connectivity index (χ3v) is 5.23. The van der Waals surface area contributed by atoms with Gasteiger partial charge in [0.15, 0.2) is 0 Å². The summed E-state index contributed by atoms with van der Waals surface area (Å²) in [5.41, 5.74) is 1.12. The zero-order chi connectivity index (χ0) is 24.3. The van der Waals surface area contributed by atoms with Gasteiger partial charge in [-0.2, -0.15) is 0 Å². The van der Waals surface area contributed by atoms with Crippen LogP contribution < -0.4 is 16.0 Å². The second-order valence-corrected chi connectivity index (χ2v) is 8.00. The van der Waals surface area contributed by atoms with Gasteiger partial charge in [0.2, 0.25) is 11.8 Å². The molecule has 0 unspecified atom stereocenters. The van der Waals surface area contributed by atoms with Gasteiger partial charge in [0.25, 0.3) is 0 Å². The standard InChI is InChI=1S/C25H27F2N3O4/c26-19-12-18(13-20(27)15-19)14-21-9-10-23(31)28-11-5-4-8-22(24(32)29-21)30-25(33)34-16-17-6-2-1-3-7-17/h1-3,6-7,9-10,12-13,15,21-22H,4-5,8,11,14,16H2,(H,28,31)(H,29,32)(H,30,33)/b10-9-/t21-,22+/m1/s1. The Hall–Kier alpha value is -3.75. The number of nitrogens with one attached hydrogen (secondary N) is 3. The molecule has 0 saturated carbocycles. The molecule has 3 rings (SSSR count). The molecule has 34 heavy (non-hydrogen) atoms. The number of carbonyl (C=O) groups excluding carboxylic acids is 3. The third-order valence-electron chi connectivity index (χ3n) is 5.23. The average molecular weight is 472 g/mol.